The van der Waals surface area contributed by atoms with E-state index in [1.165, 1.54) is 16.3 Å². The number of hydrogen-bond acceptors (Lipinski definition) is 1. The maximum Gasteiger partial charge on any atom is 0.127 e. The quantitative estimate of drug-likeness (QED) is 0.743. The van der Waals surface area contributed by atoms with Crippen LogP contribution < -0.4 is 4.74 Å². The van der Waals surface area contributed by atoms with Gasteiger partial charge in [-0.1, -0.05) is 50.1 Å². The van der Waals surface area contributed by atoms with Crippen molar-refractivity contribution in [2.75, 3.05) is 12.4 Å². The number of halogens is 2. The maximum atomic E-state index is 5.43. The van der Waals surface area contributed by atoms with Gasteiger partial charge in [0.1, 0.15) is 5.75 Å². The van der Waals surface area contributed by atoms with E-state index in [2.05, 4.69) is 50.1 Å². The van der Waals surface area contributed by atoms with Crippen molar-refractivity contribution in [2.45, 2.75) is 6.42 Å². The molecule has 0 atom stereocenters. The van der Waals surface area contributed by atoms with Crippen LogP contribution in [0.5, 0.6) is 5.75 Å². The lowest BCUT2D eigenvalue weighted by Gasteiger charge is -2.11. The van der Waals surface area contributed by atoms with Crippen molar-refractivity contribution in [3.05, 3.63) is 40.4 Å². The molecule has 84 valence electrons. The van der Waals surface area contributed by atoms with E-state index in [9.17, 15) is 0 Å². The van der Waals surface area contributed by atoms with E-state index in [0.717, 1.165) is 22.0 Å². The summed E-state index contributed by atoms with van der Waals surface area (Å²) in [5.74, 6) is 0.940. The normalized spacial score (nSPS) is 10.7. The van der Waals surface area contributed by atoms with E-state index >= 15 is 0 Å². The first-order valence-corrected chi connectivity index (χ1v) is 6.99. The summed E-state index contributed by atoms with van der Waals surface area (Å²) in [5.41, 5.74) is 1.31. The summed E-state index contributed by atoms with van der Waals surface area (Å²) < 4.78 is 6.54. The predicted molar refractivity (Wildman–Crippen MR) is 75.7 cm³/mol. The Bertz CT molecular complexity index is 509. The molecule has 0 unspecified atom stereocenters. The van der Waals surface area contributed by atoms with Crippen LogP contribution in [0.2, 0.25) is 0 Å². The number of benzene rings is 2. The molecular weight excluding hydrogens is 332 g/mol. The van der Waals surface area contributed by atoms with Gasteiger partial charge in [-0.15, -0.1) is 0 Å². The number of rotatable bonds is 3. The zero-order chi connectivity index (χ0) is 11.5. The van der Waals surface area contributed by atoms with E-state index in [0.29, 0.717) is 0 Å². The molecule has 2 rings (SSSR count). The van der Waals surface area contributed by atoms with Crippen LogP contribution >= 0.6 is 31.9 Å². The molecule has 0 N–H and O–H groups in total. The van der Waals surface area contributed by atoms with Crippen molar-refractivity contribution < 1.29 is 4.74 Å². The highest BCUT2D eigenvalue weighted by Gasteiger charge is 2.08. The lowest BCUT2D eigenvalue weighted by Crippen LogP contribution is -1.92. The van der Waals surface area contributed by atoms with Crippen LogP contribution in [0, 0.1) is 0 Å². The molecule has 0 spiro atoms. The molecule has 0 radical (unpaired) electrons. The number of ether oxygens (including phenoxy) is 1. The van der Waals surface area contributed by atoms with Gasteiger partial charge in [0.25, 0.3) is 0 Å². The molecular formula is C13H12Br2O. The van der Waals surface area contributed by atoms with E-state index < -0.39 is 0 Å². The molecule has 1 nitrogen and oxygen atoms in total. The van der Waals surface area contributed by atoms with Gasteiger partial charge in [0.15, 0.2) is 0 Å². The third-order valence-corrected chi connectivity index (χ3v) is 3.71. The smallest absolute Gasteiger partial charge is 0.127 e. The number of hydrogen-bond donors (Lipinski definition) is 0. The Hall–Kier alpha value is -0.540. The number of aryl methyl sites for hydroxylation is 1. The molecule has 2 aromatic carbocycles. The highest BCUT2D eigenvalue weighted by atomic mass is 79.9. The van der Waals surface area contributed by atoms with Crippen LogP contribution in [0.25, 0.3) is 10.8 Å². The fourth-order valence-electron chi connectivity index (χ4n) is 1.89. The first-order valence-electron chi connectivity index (χ1n) is 5.08. The largest absolute Gasteiger partial charge is 0.496 e. The molecule has 0 saturated carbocycles. The minimum absolute atomic E-state index is 0.940. The van der Waals surface area contributed by atoms with Crippen LogP contribution in [0.4, 0.5) is 0 Å². The second-order valence-electron chi connectivity index (χ2n) is 3.53. The van der Waals surface area contributed by atoms with E-state index in [1.807, 2.05) is 12.1 Å². The molecule has 2 aromatic rings. The van der Waals surface area contributed by atoms with Gasteiger partial charge in [0.2, 0.25) is 0 Å². The molecule has 0 aliphatic heterocycles. The molecule has 0 saturated heterocycles. The van der Waals surface area contributed by atoms with Gasteiger partial charge in [-0.05, 0) is 29.5 Å². The highest BCUT2D eigenvalue weighted by Crippen LogP contribution is 2.34. The summed E-state index contributed by atoms with van der Waals surface area (Å²) in [4.78, 5) is 0. The molecule has 0 aliphatic carbocycles. The summed E-state index contributed by atoms with van der Waals surface area (Å²) in [5, 5.41) is 3.37. The van der Waals surface area contributed by atoms with Gasteiger partial charge in [0.05, 0.1) is 7.11 Å². The second kappa shape index (κ2) is 5.19. The standard InChI is InChI=1S/C13H12Br2O/c1-16-12-6-5-11(15)10-4-2-3-9(7-8-14)13(10)12/h2-6H,7-8H2,1H3. The van der Waals surface area contributed by atoms with Crippen molar-refractivity contribution in [1.82, 2.24) is 0 Å². The Morgan fingerprint density at radius 3 is 2.69 bits per heavy atom. The third kappa shape index (κ3) is 2.11. The van der Waals surface area contributed by atoms with Crippen LogP contribution in [-0.4, -0.2) is 12.4 Å². The number of alkyl halides is 1. The van der Waals surface area contributed by atoms with Crippen molar-refractivity contribution in [3.8, 4) is 5.75 Å². The summed E-state index contributed by atoms with van der Waals surface area (Å²) in [6, 6.07) is 10.4. The minimum atomic E-state index is 0.940. The van der Waals surface area contributed by atoms with Gasteiger partial charge in [-0.3, -0.25) is 0 Å². The molecule has 16 heavy (non-hydrogen) atoms. The average Bonchev–Trinajstić information content (AvgIpc) is 2.31. The fraction of sp³-hybridized carbons (Fsp3) is 0.231. The summed E-state index contributed by atoms with van der Waals surface area (Å²) in [7, 11) is 1.72. The van der Waals surface area contributed by atoms with E-state index in [1.54, 1.807) is 7.11 Å². The molecule has 0 aromatic heterocycles. The van der Waals surface area contributed by atoms with Crippen LogP contribution in [0.3, 0.4) is 0 Å². The van der Waals surface area contributed by atoms with Gasteiger partial charge in [0, 0.05) is 15.2 Å². The van der Waals surface area contributed by atoms with Crippen molar-refractivity contribution in [1.29, 1.82) is 0 Å². The molecule has 0 amide bonds. The zero-order valence-corrected chi connectivity index (χ0v) is 12.1. The van der Waals surface area contributed by atoms with Gasteiger partial charge in [-0.25, -0.2) is 0 Å². The third-order valence-electron chi connectivity index (χ3n) is 2.62. The van der Waals surface area contributed by atoms with Crippen LogP contribution in [0.1, 0.15) is 5.56 Å². The highest BCUT2D eigenvalue weighted by molar-refractivity contribution is 9.10. The van der Waals surface area contributed by atoms with Crippen LogP contribution in [-0.2, 0) is 6.42 Å². The number of fused-ring (bicyclic) bond motifs is 1. The minimum Gasteiger partial charge on any atom is -0.496 e. The van der Waals surface area contributed by atoms with Gasteiger partial charge < -0.3 is 4.74 Å². The number of methoxy groups -OCH3 is 1. The first kappa shape index (κ1) is 11.9. The zero-order valence-electron chi connectivity index (χ0n) is 8.97. The molecule has 3 heteroatoms. The summed E-state index contributed by atoms with van der Waals surface area (Å²) in [6.07, 6.45) is 1.00. The Kier molecular flexibility index (Phi) is 3.87. The Morgan fingerprint density at radius 1 is 1.19 bits per heavy atom. The molecule has 0 aliphatic rings. The summed E-state index contributed by atoms with van der Waals surface area (Å²) in [6.45, 7) is 0. The van der Waals surface area contributed by atoms with E-state index in [4.69, 9.17) is 4.74 Å². The Labute approximate surface area is 112 Å². The lowest BCUT2D eigenvalue weighted by molar-refractivity contribution is 0.419. The second-order valence-corrected chi connectivity index (χ2v) is 5.18. The maximum absolute atomic E-state index is 5.43. The topological polar surface area (TPSA) is 9.23 Å². The van der Waals surface area contributed by atoms with Crippen LogP contribution in [0.15, 0.2) is 34.8 Å². The monoisotopic (exact) mass is 342 g/mol. The first-order chi connectivity index (χ1) is 7.77. The molecule has 0 heterocycles. The Balaban J connectivity index is 2.77. The molecule has 0 bridgehead atoms. The van der Waals surface area contributed by atoms with Crippen molar-refractivity contribution in [3.63, 3.8) is 0 Å². The SMILES string of the molecule is COc1ccc(Br)c2cccc(CCBr)c12. The Morgan fingerprint density at radius 2 is 2.00 bits per heavy atom. The fourth-order valence-corrected chi connectivity index (χ4v) is 2.78. The van der Waals surface area contributed by atoms with Gasteiger partial charge in [-0.2, -0.15) is 0 Å². The lowest BCUT2D eigenvalue weighted by atomic mass is 10.0. The summed E-state index contributed by atoms with van der Waals surface area (Å²) >= 11 is 7.06. The van der Waals surface area contributed by atoms with Crippen molar-refractivity contribution >= 4 is 42.6 Å². The predicted octanol–water partition coefficient (Wildman–Crippen LogP) is 4.55. The van der Waals surface area contributed by atoms with Crippen molar-refractivity contribution in [2.24, 2.45) is 0 Å². The van der Waals surface area contributed by atoms with Gasteiger partial charge >= 0.3 is 0 Å². The average molecular weight is 344 g/mol. The van der Waals surface area contributed by atoms with E-state index in [-0.39, 0.29) is 0 Å². The molecule has 0 fully saturated rings.